The van der Waals surface area contributed by atoms with Crippen LogP contribution in [0.2, 0.25) is 0 Å². The Labute approximate surface area is 158 Å². The lowest BCUT2D eigenvalue weighted by Gasteiger charge is -2.33. The molecule has 27 heavy (non-hydrogen) atoms. The third-order valence-electron chi connectivity index (χ3n) is 4.17. The number of imidazole rings is 2. The van der Waals surface area contributed by atoms with Gasteiger partial charge >= 0.3 is 12.2 Å². The lowest BCUT2D eigenvalue weighted by atomic mass is 9.99. The van der Waals surface area contributed by atoms with Gasteiger partial charge < -0.3 is 14.2 Å². The van der Waals surface area contributed by atoms with Crippen molar-refractivity contribution in [3.63, 3.8) is 0 Å². The minimum atomic E-state index is -0.828. The summed E-state index contributed by atoms with van der Waals surface area (Å²) in [5, 5.41) is 0. The van der Waals surface area contributed by atoms with Crippen LogP contribution in [0.25, 0.3) is 0 Å². The van der Waals surface area contributed by atoms with E-state index in [1.54, 1.807) is 13.8 Å². The summed E-state index contributed by atoms with van der Waals surface area (Å²) in [6.07, 6.45) is 9.03. The molecule has 0 aromatic carbocycles. The first-order valence-electron chi connectivity index (χ1n) is 8.75. The third-order valence-corrected chi connectivity index (χ3v) is 4.17. The fraction of sp³-hybridized carbons (Fsp3) is 0.556. The molecule has 0 aliphatic heterocycles. The molecule has 2 aromatic heterocycles. The van der Waals surface area contributed by atoms with Gasteiger partial charge in [0.05, 0.1) is 18.8 Å². The molecular weight excluding hydrogens is 352 g/mol. The Morgan fingerprint density at radius 2 is 1.59 bits per heavy atom. The fourth-order valence-corrected chi connectivity index (χ4v) is 2.18. The smallest absolute Gasteiger partial charge is 0.419 e. The van der Waals surface area contributed by atoms with E-state index in [0.29, 0.717) is 12.8 Å². The van der Waals surface area contributed by atoms with Gasteiger partial charge in [0.1, 0.15) is 18.3 Å². The van der Waals surface area contributed by atoms with Crippen LogP contribution >= 0.6 is 0 Å². The molecule has 1 unspecified atom stereocenters. The van der Waals surface area contributed by atoms with Gasteiger partial charge in [0.25, 0.3) is 0 Å². The van der Waals surface area contributed by atoms with Crippen molar-refractivity contribution in [1.82, 2.24) is 19.1 Å². The minimum absolute atomic E-state index is 0.202. The van der Waals surface area contributed by atoms with Crippen molar-refractivity contribution >= 4 is 12.2 Å². The molecule has 0 saturated heterocycles. The van der Waals surface area contributed by atoms with E-state index < -0.39 is 23.4 Å². The van der Waals surface area contributed by atoms with E-state index in [4.69, 9.17) is 14.2 Å². The van der Waals surface area contributed by atoms with Crippen molar-refractivity contribution in [2.24, 2.45) is 0 Å². The van der Waals surface area contributed by atoms with Crippen LogP contribution in [0.15, 0.2) is 37.4 Å². The number of rotatable bonds is 8. The standard InChI is InChI=1S/C18H26N4O5/c1-5-18(4,6-11-25-15(23)21-9-7-19-13-21)26-12-17(2,3)27-16(24)22-10-8-20-14-22/h7-10,13-14H,5-6,11-12H2,1-4H3. The van der Waals surface area contributed by atoms with Crippen LogP contribution in [0.1, 0.15) is 40.5 Å². The van der Waals surface area contributed by atoms with Gasteiger partial charge in [0.2, 0.25) is 0 Å². The van der Waals surface area contributed by atoms with Crippen LogP contribution in [-0.2, 0) is 14.2 Å². The first-order valence-corrected chi connectivity index (χ1v) is 8.75. The van der Waals surface area contributed by atoms with Gasteiger partial charge in [-0.1, -0.05) is 6.92 Å². The van der Waals surface area contributed by atoms with Crippen molar-refractivity contribution in [1.29, 1.82) is 0 Å². The normalized spacial score (nSPS) is 13.8. The number of carbonyl (C=O) groups is 2. The van der Waals surface area contributed by atoms with Crippen molar-refractivity contribution in [2.75, 3.05) is 13.2 Å². The summed E-state index contributed by atoms with van der Waals surface area (Å²) in [7, 11) is 0. The molecule has 1 atom stereocenters. The van der Waals surface area contributed by atoms with Crippen LogP contribution in [0.5, 0.6) is 0 Å². The molecule has 9 nitrogen and oxygen atoms in total. The van der Waals surface area contributed by atoms with E-state index in [0.717, 1.165) is 0 Å². The van der Waals surface area contributed by atoms with Crippen LogP contribution in [0.3, 0.4) is 0 Å². The summed E-state index contributed by atoms with van der Waals surface area (Å²) in [6, 6.07) is 0. The summed E-state index contributed by atoms with van der Waals surface area (Å²) in [5.41, 5.74) is -1.35. The number of nitrogens with zero attached hydrogens (tertiary/aromatic N) is 4. The number of ether oxygens (including phenoxy) is 3. The predicted molar refractivity (Wildman–Crippen MR) is 96.4 cm³/mol. The van der Waals surface area contributed by atoms with Crippen LogP contribution < -0.4 is 0 Å². The first-order chi connectivity index (χ1) is 12.7. The Morgan fingerprint density at radius 1 is 1.00 bits per heavy atom. The molecule has 0 radical (unpaired) electrons. The summed E-state index contributed by atoms with van der Waals surface area (Å²) in [4.78, 5) is 31.5. The number of hydrogen-bond donors (Lipinski definition) is 0. The van der Waals surface area contributed by atoms with Gasteiger partial charge in [-0.3, -0.25) is 0 Å². The van der Waals surface area contributed by atoms with E-state index in [2.05, 4.69) is 9.97 Å². The zero-order chi connectivity index (χ0) is 19.9. The van der Waals surface area contributed by atoms with Crippen molar-refractivity contribution in [2.45, 2.75) is 51.7 Å². The maximum absolute atomic E-state index is 12.1. The molecule has 0 amide bonds. The van der Waals surface area contributed by atoms with E-state index >= 15 is 0 Å². The van der Waals surface area contributed by atoms with Crippen molar-refractivity contribution in [3.8, 4) is 0 Å². The molecule has 148 valence electrons. The topological polar surface area (TPSA) is 97.5 Å². The highest BCUT2D eigenvalue weighted by molar-refractivity contribution is 5.70. The zero-order valence-corrected chi connectivity index (χ0v) is 16.1. The fourth-order valence-electron chi connectivity index (χ4n) is 2.18. The molecule has 2 heterocycles. The SMILES string of the molecule is CCC(C)(CCOC(=O)n1ccnc1)OCC(C)(C)OC(=O)n1ccnc1. The average Bonchev–Trinajstić information content (AvgIpc) is 3.33. The van der Waals surface area contributed by atoms with Gasteiger partial charge in [-0.25, -0.2) is 28.7 Å². The summed E-state index contributed by atoms with van der Waals surface area (Å²) >= 11 is 0. The molecule has 9 heteroatoms. The van der Waals surface area contributed by atoms with Crippen LogP contribution in [0, 0.1) is 0 Å². The summed E-state index contributed by atoms with van der Waals surface area (Å²) in [6.45, 7) is 7.88. The Hall–Kier alpha value is -2.68. The molecule has 0 saturated carbocycles. The molecule has 2 rings (SSSR count). The highest BCUT2D eigenvalue weighted by Crippen LogP contribution is 2.23. The van der Waals surface area contributed by atoms with E-state index in [-0.39, 0.29) is 13.2 Å². The number of hydrogen-bond acceptors (Lipinski definition) is 7. The van der Waals surface area contributed by atoms with Crippen LogP contribution in [-0.4, -0.2) is 55.7 Å². The van der Waals surface area contributed by atoms with Gasteiger partial charge in [0.15, 0.2) is 0 Å². The van der Waals surface area contributed by atoms with Gasteiger partial charge in [-0.2, -0.15) is 0 Å². The monoisotopic (exact) mass is 378 g/mol. The predicted octanol–water partition coefficient (Wildman–Crippen LogP) is 3.10. The molecule has 0 aliphatic rings. The molecule has 2 aromatic rings. The minimum Gasteiger partial charge on any atom is -0.449 e. The summed E-state index contributed by atoms with van der Waals surface area (Å²) < 4.78 is 19.3. The van der Waals surface area contributed by atoms with E-state index in [1.165, 1.54) is 46.6 Å². The van der Waals surface area contributed by atoms with Gasteiger partial charge in [-0.15, -0.1) is 0 Å². The van der Waals surface area contributed by atoms with Gasteiger partial charge in [0, 0.05) is 31.2 Å². The largest absolute Gasteiger partial charge is 0.449 e. The molecule has 0 spiro atoms. The average molecular weight is 378 g/mol. The lowest BCUT2D eigenvalue weighted by Crippen LogP contribution is -2.40. The molecule has 0 N–H and O–H groups in total. The second-order valence-electron chi connectivity index (χ2n) is 7.02. The third kappa shape index (κ3) is 6.21. The number of aromatic nitrogens is 4. The number of carbonyl (C=O) groups excluding carboxylic acids is 2. The maximum Gasteiger partial charge on any atom is 0.419 e. The van der Waals surface area contributed by atoms with Gasteiger partial charge in [-0.05, 0) is 27.2 Å². The van der Waals surface area contributed by atoms with Crippen molar-refractivity contribution < 1.29 is 23.8 Å². The molecular formula is C18H26N4O5. The highest BCUT2D eigenvalue weighted by Gasteiger charge is 2.30. The maximum atomic E-state index is 12.1. The zero-order valence-electron chi connectivity index (χ0n) is 16.1. The Bertz CT molecular complexity index is 727. The second-order valence-corrected chi connectivity index (χ2v) is 7.02. The Kier molecular flexibility index (Phi) is 6.73. The Balaban J connectivity index is 1.81. The lowest BCUT2D eigenvalue weighted by molar-refractivity contribution is -0.110. The Morgan fingerprint density at radius 3 is 2.11 bits per heavy atom. The first kappa shape index (κ1) is 20.6. The molecule has 0 aliphatic carbocycles. The molecule has 0 fully saturated rings. The quantitative estimate of drug-likeness (QED) is 0.696. The summed E-state index contributed by atoms with van der Waals surface area (Å²) in [5.74, 6) is 0. The van der Waals surface area contributed by atoms with Crippen molar-refractivity contribution in [3.05, 3.63) is 37.4 Å². The van der Waals surface area contributed by atoms with Crippen LogP contribution in [0.4, 0.5) is 9.59 Å². The molecule has 0 bridgehead atoms. The second kappa shape index (κ2) is 8.81. The van der Waals surface area contributed by atoms with E-state index in [1.807, 2.05) is 13.8 Å². The van der Waals surface area contributed by atoms with E-state index in [9.17, 15) is 9.59 Å². The highest BCUT2D eigenvalue weighted by atomic mass is 16.6.